The Morgan fingerprint density at radius 1 is 0.824 bits per heavy atom. The van der Waals surface area contributed by atoms with Crippen LogP contribution in [0, 0.1) is 6.92 Å². The summed E-state index contributed by atoms with van der Waals surface area (Å²) in [7, 11) is 0. The van der Waals surface area contributed by atoms with Crippen LogP contribution in [-0.4, -0.2) is 42.6 Å². The Bertz CT molecular complexity index is 170. The second kappa shape index (κ2) is 9.90. The summed E-state index contributed by atoms with van der Waals surface area (Å²) in [6.07, 6.45) is 10.8. The van der Waals surface area contributed by atoms with Gasteiger partial charge in [0.15, 0.2) is 0 Å². The molecule has 0 aromatic heterocycles. The maximum absolute atomic E-state index is 3.91. The number of nitrogens with zero attached hydrogens (tertiary/aromatic N) is 2. The van der Waals surface area contributed by atoms with Crippen molar-refractivity contribution >= 4 is 0 Å². The molecule has 0 aromatic rings. The van der Waals surface area contributed by atoms with E-state index < -0.39 is 0 Å². The highest BCUT2D eigenvalue weighted by Crippen LogP contribution is 2.10. The van der Waals surface area contributed by atoms with Crippen LogP contribution >= 0.6 is 0 Å². The first-order valence-electron chi connectivity index (χ1n) is 7.60. The molecule has 1 saturated heterocycles. The average Bonchev–Trinajstić information content (AvgIpc) is 2.79. The van der Waals surface area contributed by atoms with Gasteiger partial charge in [0.1, 0.15) is 0 Å². The van der Waals surface area contributed by atoms with E-state index in [0.29, 0.717) is 0 Å². The Kier molecular flexibility index (Phi) is 8.72. The van der Waals surface area contributed by atoms with E-state index in [4.69, 9.17) is 0 Å². The normalized spacial score (nSPS) is 18.0. The fourth-order valence-corrected chi connectivity index (χ4v) is 2.52. The third-order valence-electron chi connectivity index (χ3n) is 3.68. The van der Waals surface area contributed by atoms with Crippen molar-refractivity contribution in [3.05, 3.63) is 6.92 Å². The summed E-state index contributed by atoms with van der Waals surface area (Å²) in [6.45, 7) is 12.5. The molecule has 102 valence electrons. The highest BCUT2D eigenvalue weighted by atomic mass is 15.4. The van der Waals surface area contributed by atoms with Crippen LogP contribution in [0.4, 0.5) is 0 Å². The number of hydrogen-bond donors (Lipinski definition) is 0. The van der Waals surface area contributed by atoms with Gasteiger partial charge in [-0.2, -0.15) is 6.42 Å². The zero-order chi connectivity index (χ0) is 12.3. The van der Waals surface area contributed by atoms with E-state index in [1.165, 1.54) is 77.8 Å². The van der Waals surface area contributed by atoms with Gasteiger partial charge in [0, 0.05) is 13.1 Å². The van der Waals surface area contributed by atoms with Gasteiger partial charge in [-0.05, 0) is 19.5 Å². The van der Waals surface area contributed by atoms with Crippen molar-refractivity contribution in [2.24, 2.45) is 0 Å². The molecule has 17 heavy (non-hydrogen) atoms. The van der Waals surface area contributed by atoms with Gasteiger partial charge in [-0.1, -0.05) is 45.4 Å². The van der Waals surface area contributed by atoms with E-state index in [-0.39, 0.29) is 0 Å². The van der Waals surface area contributed by atoms with E-state index in [1.807, 2.05) is 0 Å². The van der Waals surface area contributed by atoms with Crippen molar-refractivity contribution in [1.29, 1.82) is 0 Å². The molecule has 0 bridgehead atoms. The number of rotatable bonds is 10. The maximum atomic E-state index is 3.91. The highest BCUT2D eigenvalue weighted by molar-refractivity contribution is 4.71. The van der Waals surface area contributed by atoms with Crippen molar-refractivity contribution in [3.63, 3.8) is 0 Å². The first kappa shape index (κ1) is 15.0. The minimum absolute atomic E-state index is 1.08. The van der Waals surface area contributed by atoms with Crippen molar-refractivity contribution in [3.8, 4) is 0 Å². The molecule has 1 aliphatic rings. The third kappa shape index (κ3) is 7.05. The Morgan fingerprint density at radius 3 is 2.06 bits per heavy atom. The molecule has 0 atom stereocenters. The van der Waals surface area contributed by atoms with Crippen molar-refractivity contribution in [2.75, 3.05) is 32.8 Å². The fraction of sp³-hybridized carbons (Fsp3) is 0.933. The van der Waals surface area contributed by atoms with E-state index in [9.17, 15) is 0 Å². The summed E-state index contributed by atoms with van der Waals surface area (Å²) in [4.78, 5) is 5.19. The van der Waals surface area contributed by atoms with Crippen LogP contribution in [0.1, 0.15) is 58.3 Å². The lowest BCUT2D eigenvalue weighted by molar-refractivity contribution is 0.240. The van der Waals surface area contributed by atoms with Crippen LogP contribution in [-0.2, 0) is 0 Å². The van der Waals surface area contributed by atoms with Crippen LogP contribution in [0.25, 0.3) is 0 Å². The summed E-state index contributed by atoms with van der Waals surface area (Å²) in [6, 6.07) is 0. The van der Waals surface area contributed by atoms with E-state index in [0.717, 1.165) is 6.42 Å². The number of unbranched alkanes of at least 4 members (excludes halogenated alkanes) is 6. The molecule has 1 fully saturated rings. The van der Waals surface area contributed by atoms with Gasteiger partial charge in [0.05, 0.1) is 6.67 Å². The molecule has 0 aromatic carbocycles. The zero-order valence-electron chi connectivity index (χ0n) is 11.8. The summed E-state index contributed by atoms with van der Waals surface area (Å²) in [5.74, 6) is 0. The van der Waals surface area contributed by atoms with Gasteiger partial charge in [0.2, 0.25) is 0 Å². The van der Waals surface area contributed by atoms with E-state index >= 15 is 0 Å². The van der Waals surface area contributed by atoms with Crippen LogP contribution in [0.2, 0.25) is 0 Å². The minimum atomic E-state index is 1.08. The molecule has 0 aliphatic carbocycles. The first-order valence-corrected chi connectivity index (χ1v) is 7.60. The Balaban J connectivity index is 1.91. The zero-order valence-corrected chi connectivity index (χ0v) is 11.8. The van der Waals surface area contributed by atoms with Gasteiger partial charge in [0.25, 0.3) is 0 Å². The van der Waals surface area contributed by atoms with Gasteiger partial charge >= 0.3 is 0 Å². The molecule has 0 radical (unpaired) electrons. The molecular weight excluding hydrogens is 208 g/mol. The van der Waals surface area contributed by atoms with E-state index in [1.54, 1.807) is 0 Å². The van der Waals surface area contributed by atoms with Gasteiger partial charge in [-0.3, -0.25) is 9.80 Å². The third-order valence-corrected chi connectivity index (χ3v) is 3.68. The molecule has 0 saturated carbocycles. The van der Waals surface area contributed by atoms with Crippen LogP contribution in [0.15, 0.2) is 0 Å². The van der Waals surface area contributed by atoms with Gasteiger partial charge in [-0.25, -0.2) is 0 Å². The lowest BCUT2D eigenvalue weighted by atomic mass is 10.1. The van der Waals surface area contributed by atoms with Crippen molar-refractivity contribution in [2.45, 2.75) is 58.3 Å². The largest absolute Gasteiger partial charge is 0.343 e. The Labute approximate surface area is 108 Å². The van der Waals surface area contributed by atoms with Gasteiger partial charge < -0.3 is 6.92 Å². The molecule has 2 heteroatoms. The fourth-order valence-electron chi connectivity index (χ4n) is 2.52. The van der Waals surface area contributed by atoms with Crippen molar-refractivity contribution in [1.82, 2.24) is 9.80 Å². The van der Waals surface area contributed by atoms with Crippen molar-refractivity contribution < 1.29 is 0 Å². The molecule has 0 amide bonds. The lowest BCUT2D eigenvalue weighted by Crippen LogP contribution is -2.27. The second-order valence-corrected chi connectivity index (χ2v) is 5.35. The quantitative estimate of drug-likeness (QED) is 0.425. The average molecular weight is 239 g/mol. The predicted octanol–water partition coefficient (Wildman–Crippen LogP) is 3.54. The predicted molar refractivity (Wildman–Crippen MR) is 76.0 cm³/mol. The summed E-state index contributed by atoms with van der Waals surface area (Å²) in [5, 5.41) is 0. The van der Waals surface area contributed by atoms with Gasteiger partial charge in [-0.15, -0.1) is 0 Å². The van der Waals surface area contributed by atoms with Crippen LogP contribution in [0.3, 0.4) is 0 Å². The second-order valence-electron chi connectivity index (χ2n) is 5.35. The monoisotopic (exact) mass is 239 g/mol. The number of hydrogen-bond acceptors (Lipinski definition) is 2. The summed E-state index contributed by atoms with van der Waals surface area (Å²) in [5.41, 5.74) is 0. The van der Waals surface area contributed by atoms with Crippen LogP contribution in [0.5, 0.6) is 0 Å². The molecule has 0 spiro atoms. The Hall–Kier alpha value is -0.0800. The maximum Gasteiger partial charge on any atom is 0.0507 e. The molecule has 0 N–H and O–H groups in total. The highest BCUT2D eigenvalue weighted by Gasteiger charge is 2.17. The molecule has 0 unspecified atom stereocenters. The first-order chi connectivity index (χ1) is 8.36. The molecule has 2 nitrogen and oxygen atoms in total. The Morgan fingerprint density at radius 2 is 1.41 bits per heavy atom. The molecule has 1 heterocycles. The van der Waals surface area contributed by atoms with Crippen LogP contribution < -0.4 is 0 Å². The summed E-state index contributed by atoms with van der Waals surface area (Å²) < 4.78 is 0. The molecular formula is C15H31N2-. The lowest BCUT2D eigenvalue weighted by Gasteiger charge is -2.18. The molecule has 1 rings (SSSR count). The standard InChI is InChI=1S/C15H31N2/c1-3-5-7-8-9-10-12-17-14-13-16(15-17)11-6-4-2/h2-15H2,1H3/q-1. The minimum Gasteiger partial charge on any atom is -0.343 e. The smallest absolute Gasteiger partial charge is 0.0507 e. The summed E-state index contributed by atoms with van der Waals surface area (Å²) >= 11 is 0. The topological polar surface area (TPSA) is 6.48 Å². The van der Waals surface area contributed by atoms with E-state index in [2.05, 4.69) is 23.6 Å². The SMILES string of the molecule is [CH2-]CCCN1CCN(CCCCCCCC)C1. The molecule has 1 aliphatic heterocycles.